The molecule has 1 aromatic carbocycles. The lowest BCUT2D eigenvalue weighted by atomic mass is 9.99. The molecule has 1 aliphatic rings. The van der Waals surface area contributed by atoms with Gasteiger partial charge in [-0.05, 0) is 64.3 Å². The van der Waals surface area contributed by atoms with Gasteiger partial charge in [-0.2, -0.15) is 0 Å². The minimum atomic E-state index is -0.489. The number of amides is 1. The minimum Gasteiger partial charge on any atom is -0.311 e. The molecule has 2 rings (SSSR count). The lowest BCUT2D eigenvalue weighted by Gasteiger charge is -2.36. The summed E-state index contributed by atoms with van der Waals surface area (Å²) in [5.74, 6) is 0.168. The van der Waals surface area contributed by atoms with Gasteiger partial charge in [0.2, 0.25) is 5.91 Å². The van der Waals surface area contributed by atoms with Crippen LogP contribution in [0, 0.1) is 13.8 Å². The van der Waals surface area contributed by atoms with Gasteiger partial charge in [0.05, 0.1) is 5.54 Å². The number of anilines is 1. The fraction of sp³-hybridized carbons (Fsp3) is 0.562. The van der Waals surface area contributed by atoms with Crippen molar-refractivity contribution in [2.45, 2.75) is 46.1 Å². The highest BCUT2D eigenvalue weighted by molar-refractivity contribution is 6.00. The third kappa shape index (κ3) is 2.81. The number of hydrogen-bond acceptors (Lipinski definition) is 2. The molecule has 0 aliphatic carbocycles. The number of nitrogens with one attached hydrogen (secondary N) is 1. The van der Waals surface area contributed by atoms with Crippen LogP contribution in [0.15, 0.2) is 18.2 Å². The Hall–Kier alpha value is -1.35. The molecule has 19 heavy (non-hydrogen) atoms. The lowest BCUT2D eigenvalue weighted by Crippen LogP contribution is -2.56. The third-order valence-corrected chi connectivity index (χ3v) is 4.02. The molecule has 1 heterocycles. The molecule has 0 atom stereocenters. The average Bonchev–Trinajstić information content (AvgIpc) is 2.36. The number of rotatable bonds is 1. The van der Waals surface area contributed by atoms with Crippen molar-refractivity contribution in [1.29, 1.82) is 0 Å². The Bertz CT molecular complexity index is 480. The van der Waals surface area contributed by atoms with E-state index in [1.807, 2.05) is 24.8 Å². The van der Waals surface area contributed by atoms with E-state index >= 15 is 0 Å². The van der Waals surface area contributed by atoms with Crippen LogP contribution in [0.25, 0.3) is 0 Å². The number of carbonyl (C=O) groups excluding carboxylic acids is 1. The zero-order valence-corrected chi connectivity index (χ0v) is 12.4. The number of nitrogens with zero attached hydrogens (tertiary/aromatic N) is 1. The maximum absolute atomic E-state index is 12.7. The maximum Gasteiger partial charge on any atom is 0.246 e. The fourth-order valence-electron chi connectivity index (χ4n) is 2.57. The van der Waals surface area contributed by atoms with E-state index in [2.05, 4.69) is 31.3 Å². The smallest absolute Gasteiger partial charge is 0.246 e. The molecule has 0 unspecified atom stereocenters. The highest BCUT2D eigenvalue weighted by Gasteiger charge is 2.33. The molecule has 0 radical (unpaired) electrons. The zero-order valence-electron chi connectivity index (χ0n) is 12.4. The third-order valence-electron chi connectivity index (χ3n) is 4.02. The molecule has 1 N–H and O–H groups in total. The van der Waals surface area contributed by atoms with Gasteiger partial charge in [-0.3, -0.25) is 4.79 Å². The van der Waals surface area contributed by atoms with E-state index in [1.165, 1.54) is 11.1 Å². The normalized spacial score (nSPS) is 20.0. The largest absolute Gasteiger partial charge is 0.311 e. The molecule has 1 aromatic rings. The topological polar surface area (TPSA) is 32.3 Å². The number of hydrogen-bond donors (Lipinski definition) is 1. The Morgan fingerprint density at radius 2 is 1.95 bits per heavy atom. The van der Waals surface area contributed by atoms with E-state index in [1.54, 1.807) is 0 Å². The van der Waals surface area contributed by atoms with E-state index < -0.39 is 5.54 Å². The van der Waals surface area contributed by atoms with Crippen molar-refractivity contribution in [3.05, 3.63) is 29.3 Å². The molecule has 1 fully saturated rings. The highest BCUT2D eigenvalue weighted by Crippen LogP contribution is 2.26. The average molecular weight is 260 g/mol. The van der Waals surface area contributed by atoms with E-state index in [-0.39, 0.29) is 5.91 Å². The summed E-state index contributed by atoms with van der Waals surface area (Å²) in [5.41, 5.74) is 3.00. The fourth-order valence-corrected chi connectivity index (χ4v) is 2.57. The van der Waals surface area contributed by atoms with Crippen LogP contribution in [-0.4, -0.2) is 24.5 Å². The zero-order chi connectivity index (χ0) is 14.0. The Kier molecular flexibility index (Phi) is 3.95. The van der Waals surface area contributed by atoms with Gasteiger partial charge in [-0.15, -0.1) is 0 Å². The molecule has 3 nitrogen and oxygen atoms in total. The molecule has 104 valence electrons. The van der Waals surface area contributed by atoms with E-state index in [9.17, 15) is 4.79 Å². The summed E-state index contributed by atoms with van der Waals surface area (Å²) in [7, 11) is 0. The van der Waals surface area contributed by atoms with Crippen LogP contribution in [0.4, 0.5) is 5.69 Å². The van der Waals surface area contributed by atoms with E-state index in [4.69, 9.17) is 0 Å². The van der Waals surface area contributed by atoms with Crippen molar-refractivity contribution >= 4 is 11.6 Å². The predicted octanol–water partition coefficient (Wildman–Crippen LogP) is 2.80. The van der Waals surface area contributed by atoms with Crippen molar-refractivity contribution in [2.75, 3.05) is 18.0 Å². The molecule has 0 saturated carbocycles. The van der Waals surface area contributed by atoms with Gasteiger partial charge in [0, 0.05) is 12.2 Å². The van der Waals surface area contributed by atoms with Crippen molar-refractivity contribution in [2.24, 2.45) is 0 Å². The minimum absolute atomic E-state index is 0.168. The standard InChI is InChI=1S/C16H24N2O/c1-12-8-7-9-14(13(12)2)18-11-6-5-10-17-16(3,4)15(18)19/h7-9,17H,5-6,10-11H2,1-4H3. The second-order valence-electron chi connectivity index (χ2n) is 5.93. The summed E-state index contributed by atoms with van der Waals surface area (Å²) in [6.45, 7) is 9.86. The number of carbonyl (C=O) groups is 1. The summed E-state index contributed by atoms with van der Waals surface area (Å²) < 4.78 is 0. The predicted molar refractivity (Wildman–Crippen MR) is 79.6 cm³/mol. The Labute approximate surface area is 116 Å². The van der Waals surface area contributed by atoms with Crippen LogP contribution in [0.1, 0.15) is 37.8 Å². The van der Waals surface area contributed by atoms with Gasteiger partial charge in [-0.25, -0.2) is 0 Å². The van der Waals surface area contributed by atoms with Gasteiger partial charge in [0.1, 0.15) is 0 Å². The number of benzene rings is 1. The van der Waals surface area contributed by atoms with Crippen LogP contribution >= 0.6 is 0 Å². The summed E-state index contributed by atoms with van der Waals surface area (Å²) in [6.07, 6.45) is 2.15. The van der Waals surface area contributed by atoms with E-state index in [0.29, 0.717) is 0 Å². The first-order valence-electron chi connectivity index (χ1n) is 7.07. The second kappa shape index (κ2) is 5.33. The highest BCUT2D eigenvalue weighted by atomic mass is 16.2. The Morgan fingerprint density at radius 1 is 1.21 bits per heavy atom. The first-order chi connectivity index (χ1) is 8.93. The molecular weight excluding hydrogens is 236 g/mol. The van der Waals surface area contributed by atoms with Gasteiger partial charge >= 0.3 is 0 Å². The first kappa shape index (κ1) is 14.1. The SMILES string of the molecule is Cc1cccc(N2CCCCNC(C)(C)C2=O)c1C. The van der Waals surface area contributed by atoms with Crippen LogP contribution in [0.3, 0.4) is 0 Å². The van der Waals surface area contributed by atoms with Crippen LogP contribution in [-0.2, 0) is 4.79 Å². The first-order valence-corrected chi connectivity index (χ1v) is 7.07. The van der Waals surface area contributed by atoms with Gasteiger partial charge in [-0.1, -0.05) is 12.1 Å². The quantitative estimate of drug-likeness (QED) is 0.842. The molecule has 1 amide bonds. The van der Waals surface area contributed by atoms with Crippen LogP contribution in [0.5, 0.6) is 0 Å². The number of aryl methyl sites for hydroxylation is 1. The summed E-state index contributed by atoms with van der Waals surface area (Å²) in [6, 6.07) is 6.18. The van der Waals surface area contributed by atoms with Crippen molar-refractivity contribution in [3.63, 3.8) is 0 Å². The summed E-state index contributed by atoms with van der Waals surface area (Å²) in [5, 5.41) is 3.35. The van der Waals surface area contributed by atoms with Gasteiger partial charge in [0.25, 0.3) is 0 Å². The summed E-state index contributed by atoms with van der Waals surface area (Å²) in [4.78, 5) is 14.7. The monoisotopic (exact) mass is 260 g/mol. The molecule has 1 saturated heterocycles. The molecular formula is C16H24N2O. The van der Waals surface area contributed by atoms with Crippen LogP contribution in [0.2, 0.25) is 0 Å². The molecule has 3 heteroatoms. The van der Waals surface area contributed by atoms with Crippen molar-refractivity contribution in [3.8, 4) is 0 Å². The molecule has 0 spiro atoms. The van der Waals surface area contributed by atoms with E-state index in [0.717, 1.165) is 31.6 Å². The Morgan fingerprint density at radius 3 is 2.68 bits per heavy atom. The van der Waals surface area contributed by atoms with Crippen molar-refractivity contribution in [1.82, 2.24) is 5.32 Å². The summed E-state index contributed by atoms with van der Waals surface area (Å²) >= 11 is 0. The maximum atomic E-state index is 12.7. The lowest BCUT2D eigenvalue weighted by molar-refractivity contribution is -0.124. The van der Waals surface area contributed by atoms with Gasteiger partial charge in [0.15, 0.2) is 0 Å². The second-order valence-corrected chi connectivity index (χ2v) is 5.93. The molecule has 0 aromatic heterocycles. The Balaban J connectivity index is 2.39. The van der Waals surface area contributed by atoms with Crippen LogP contribution < -0.4 is 10.2 Å². The van der Waals surface area contributed by atoms with Gasteiger partial charge < -0.3 is 10.2 Å². The molecule has 1 aliphatic heterocycles. The molecule has 0 bridgehead atoms. The van der Waals surface area contributed by atoms with Crippen molar-refractivity contribution < 1.29 is 4.79 Å².